The zero-order valence-corrected chi connectivity index (χ0v) is 7.80. The van der Waals surface area contributed by atoms with Crippen molar-refractivity contribution in [3.8, 4) is 0 Å². The third-order valence-corrected chi connectivity index (χ3v) is 1.83. The number of carbonyl (C=O) groups excluding carboxylic acids is 1. The largest absolute Gasteiger partial charge is 0.464 e. The van der Waals surface area contributed by atoms with Crippen molar-refractivity contribution in [1.82, 2.24) is 5.32 Å². The fourth-order valence-electron chi connectivity index (χ4n) is 0.834. The minimum Gasteiger partial charge on any atom is -0.464 e. The maximum absolute atomic E-state index is 11.0. The van der Waals surface area contributed by atoms with Gasteiger partial charge in [-0.05, 0) is 18.8 Å². The maximum atomic E-state index is 11.0. The van der Waals surface area contributed by atoms with E-state index < -0.39 is 0 Å². The molecule has 0 unspecified atom stereocenters. The molecule has 0 spiro atoms. The molecule has 3 heteroatoms. The van der Waals surface area contributed by atoms with Crippen molar-refractivity contribution in [2.24, 2.45) is 5.92 Å². The summed E-state index contributed by atoms with van der Waals surface area (Å²) >= 11 is 0. The van der Waals surface area contributed by atoms with Crippen molar-refractivity contribution in [3.63, 3.8) is 0 Å². The molecule has 1 N–H and O–H groups in total. The fraction of sp³-hybridized carbons (Fsp3) is 0.889. The van der Waals surface area contributed by atoms with Gasteiger partial charge in [-0.25, -0.2) is 0 Å². The molecule has 1 rings (SSSR count). The van der Waals surface area contributed by atoms with Crippen molar-refractivity contribution >= 4 is 5.97 Å². The molecule has 0 saturated heterocycles. The van der Waals surface area contributed by atoms with Crippen LogP contribution in [-0.4, -0.2) is 25.2 Å². The number of hydrogen-bond acceptors (Lipinski definition) is 3. The lowest BCUT2D eigenvalue weighted by molar-refractivity contribution is -0.143. The standard InChI is InChI=1S/C9H17NO2/c1-7(2)10-5-9(11)12-6-8-3-4-8/h7-8,10H,3-6H2,1-2H3. The van der Waals surface area contributed by atoms with Gasteiger partial charge in [-0.1, -0.05) is 13.8 Å². The van der Waals surface area contributed by atoms with E-state index in [2.05, 4.69) is 5.32 Å². The number of carbonyl (C=O) groups is 1. The molecule has 1 aliphatic rings. The molecule has 0 aromatic rings. The van der Waals surface area contributed by atoms with Gasteiger partial charge in [0.05, 0.1) is 13.2 Å². The molecule has 1 fully saturated rings. The Morgan fingerprint density at radius 2 is 2.25 bits per heavy atom. The predicted octanol–water partition coefficient (Wildman–Crippen LogP) is 0.938. The summed E-state index contributed by atoms with van der Waals surface area (Å²) in [4.78, 5) is 11.0. The van der Waals surface area contributed by atoms with Crippen LogP contribution >= 0.6 is 0 Å². The third-order valence-electron chi connectivity index (χ3n) is 1.83. The molecule has 0 bridgehead atoms. The zero-order chi connectivity index (χ0) is 8.97. The summed E-state index contributed by atoms with van der Waals surface area (Å²) in [6.45, 7) is 4.98. The molecule has 0 radical (unpaired) electrons. The first kappa shape index (κ1) is 9.52. The minimum absolute atomic E-state index is 0.129. The number of esters is 1. The number of ether oxygens (including phenoxy) is 1. The average molecular weight is 171 g/mol. The normalized spacial score (nSPS) is 16.6. The van der Waals surface area contributed by atoms with Crippen molar-refractivity contribution in [1.29, 1.82) is 0 Å². The summed E-state index contributed by atoms with van der Waals surface area (Å²) in [6, 6.07) is 0.346. The van der Waals surface area contributed by atoms with Crippen LogP contribution < -0.4 is 5.32 Å². The second-order valence-corrected chi connectivity index (χ2v) is 3.66. The highest BCUT2D eigenvalue weighted by atomic mass is 16.5. The summed E-state index contributed by atoms with van der Waals surface area (Å²) in [5.41, 5.74) is 0. The zero-order valence-electron chi connectivity index (χ0n) is 7.80. The van der Waals surface area contributed by atoms with Gasteiger partial charge in [-0.2, -0.15) is 0 Å². The van der Waals surface area contributed by atoms with E-state index in [-0.39, 0.29) is 5.97 Å². The second-order valence-electron chi connectivity index (χ2n) is 3.66. The van der Waals surface area contributed by atoms with Crippen LogP contribution in [0.1, 0.15) is 26.7 Å². The molecular weight excluding hydrogens is 154 g/mol. The molecule has 3 nitrogen and oxygen atoms in total. The van der Waals surface area contributed by atoms with Crippen molar-refractivity contribution in [2.75, 3.05) is 13.2 Å². The number of hydrogen-bond donors (Lipinski definition) is 1. The number of nitrogens with one attached hydrogen (secondary N) is 1. The Morgan fingerprint density at radius 3 is 2.75 bits per heavy atom. The van der Waals surface area contributed by atoms with Crippen LogP contribution in [-0.2, 0) is 9.53 Å². The summed E-state index contributed by atoms with van der Waals surface area (Å²) < 4.78 is 5.01. The van der Waals surface area contributed by atoms with Gasteiger partial charge in [0.15, 0.2) is 0 Å². The summed E-state index contributed by atoms with van der Waals surface area (Å²) in [6.07, 6.45) is 2.45. The van der Waals surface area contributed by atoms with E-state index in [1.165, 1.54) is 12.8 Å². The topological polar surface area (TPSA) is 38.3 Å². The molecule has 1 aliphatic carbocycles. The van der Waals surface area contributed by atoms with Crippen molar-refractivity contribution in [2.45, 2.75) is 32.7 Å². The number of rotatable bonds is 5. The van der Waals surface area contributed by atoms with Crippen LogP contribution in [0.4, 0.5) is 0 Å². The molecule has 0 aromatic carbocycles. The van der Waals surface area contributed by atoms with Crippen LogP contribution in [0.15, 0.2) is 0 Å². The van der Waals surface area contributed by atoms with Gasteiger partial charge in [0, 0.05) is 6.04 Å². The van der Waals surface area contributed by atoms with Crippen LogP contribution in [0.2, 0.25) is 0 Å². The lowest BCUT2D eigenvalue weighted by atomic mass is 10.4. The molecule has 70 valence electrons. The van der Waals surface area contributed by atoms with Crippen LogP contribution in [0.25, 0.3) is 0 Å². The monoisotopic (exact) mass is 171 g/mol. The molecule has 1 saturated carbocycles. The second kappa shape index (κ2) is 4.45. The fourth-order valence-corrected chi connectivity index (χ4v) is 0.834. The van der Waals surface area contributed by atoms with Crippen LogP contribution in [0.5, 0.6) is 0 Å². The van der Waals surface area contributed by atoms with E-state index in [1.54, 1.807) is 0 Å². The lowest BCUT2D eigenvalue weighted by Crippen LogP contribution is -2.30. The molecule has 0 heterocycles. The summed E-state index contributed by atoms with van der Waals surface area (Å²) in [7, 11) is 0. The van der Waals surface area contributed by atoms with Gasteiger partial charge in [0.2, 0.25) is 0 Å². The third kappa shape index (κ3) is 4.34. The Kier molecular flexibility index (Phi) is 3.53. The van der Waals surface area contributed by atoms with E-state index in [0.29, 0.717) is 25.1 Å². The minimum atomic E-state index is -0.129. The maximum Gasteiger partial charge on any atom is 0.319 e. The SMILES string of the molecule is CC(C)NCC(=O)OCC1CC1. The van der Waals surface area contributed by atoms with Crippen molar-refractivity contribution in [3.05, 3.63) is 0 Å². The van der Waals surface area contributed by atoms with E-state index in [1.807, 2.05) is 13.8 Å². The highest BCUT2D eigenvalue weighted by Gasteiger charge is 2.22. The van der Waals surface area contributed by atoms with Gasteiger partial charge >= 0.3 is 5.97 Å². The van der Waals surface area contributed by atoms with Gasteiger partial charge in [-0.3, -0.25) is 4.79 Å². The van der Waals surface area contributed by atoms with E-state index in [4.69, 9.17) is 4.74 Å². The van der Waals surface area contributed by atoms with Crippen LogP contribution in [0, 0.1) is 5.92 Å². The Bertz CT molecular complexity index is 145. The van der Waals surface area contributed by atoms with Gasteiger partial charge < -0.3 is 10.1 Å². The highest BCUT2D eigenvalue weighted by molar-refractivity contribution is 5.71. The Balaban J connectivity index is 1.95. The predicted molar refractivity (Wildman–Crippen MR) is 46.8 cm³/mol. The average Bonchev–Trinajstić information content (AvgIpc) is 2.80. The van der Waals surface area contributed by atoms with E-state index >= 15 is 0 Å². The molecule has 0 amide bonds. The lowest BCUT2D eigenvalue weighted by Gasteiger charge is -2.07. The first-order valence-electron chi connectivity index (χ1n) is 4.57. The first-order valence-corrected chi connectivity index (χ1v) is 4.57. The summed E-state index contributed by atoms with van der Waals surface area (Å²) in [5, 5.41) is 3.01. The van der Waals surface area contributed by atoms with Crippen molar-refractivity contribution < 1.29 is 9.53 Å². The Labute approximate surface area is 73.5 Å². The molecule has 0 aromatic heterocycles. The van der Waals surface area contributed by atoms with E-state index in [9.17, 15) is 4.79 Å². The molecule has 0 atom stereocenters. The van der Waals surface area contributed by atoms with Gasteiger partial charge in [0.1, 0.15) is 0 Å². The quantitative estimate of drug-likeness (QED) is 0.625. The highest BCUT2D eigenvalue weighted by Crippen LogP contribution is 2.28. The molecule has 12 heavy (non-hydrogen) atoms. The first-order chi connectivity index (χ1) is 5.68. The molecular formula is C9H17NO2. The Morgan fingerprint density at radius 1 is 1.58 bits per heavy atom. The van der Waals surface area contributed by atoms with Gasteiger partial charge in [-0.15, -0.1) is 0 Å². The van der Waals surface area contributed by atoms with E-state index in [0.717, 1.165) is 0 Å². The van der Waals surface area contributed by atoms with Gasteiger partial charge in [0.25, 0.3) is 0 Å². The molecule has 0 aliphatic heterocycles. The van der Waals surface area contributed by atoms with Crippen LogP contribution in [0.3, 0.4) is 0 Å². The Hall–Kier alpha value is -0.570. The smallest absolute Gasteiger partial charge is 0.319 e. The summed E-state index contributed by atoms with van der Waals surface area (Å²) in [5.74, 6) is 0.531.